The number of nitrogens with zero attached hydrogens (tertiary/aromatic N) is 2. The lowest BCUT2D eigenvalue weighted by Gasteiger charge is -2.02. The predicted molar refractivity (Wildman–Crippen MR) is 65.4 cm³/mol. The normalized spacial score (nSPS) is 10.3. The van der Waals surface area contributed by atoms with Crippen LogP contribution in [0.5, 0.6) is 0 Å². The molecule has 0 aliphatic carbocycles. The van der Waals surface area contributed by atoms with Gasteiger partial charge in [0.15, 0.2) is 0 Å². The largest absolute Gasteiger partial charge is 0.316 e. The Morgan fingerprint density at radius 2 is 2.00 bits per heavy atom. The molecule has 0 amide bonds. The second-order valence-electron chi connectivity index (χ2n) is 3.32. The second kappa shape index (κ2) is 5.63. The van der Waals surface area contributed by atoms with E-state index in [9.17, 15) is 0 Å². The second-order valence-corrected chi connectivity index (χ2v) is 4.42. The van der Waals surface area contributed by atoms with E-state index in [1.165, 1.54) is 10.5 Å². The fraction of sp³-hybridized carbons (Fsp3) is 0.167. The quantitative estimate of drug-likeness (QED) is 0.820. The Morgan fingerprint density at radius 1 is 1.19 bits per heavy atom. The molecule has 82 valence electrons. The molecule has 4 heteroatoms. The van der Waals surface area contributed by atoms with E-state index in [0.717, 1.165) is 11.6 Å². The third-order valence-electron chi connectivity index (χ3n) is 2.08. The topological polar surface area (TPSA) is 37.8 Å². The van der Waals surface area contributed by atoms with E-state index >= 15 is 0 Å². The molecular formula is C12H13N3S. The van der Waals surface area contributed by atoms with E-state index < -0.39 is 0 Å². The first-order valence-corrected chi connectivity index (χ1v) is 5.87. The Labute approximate surface area is 99.3 Å². The van der Waals surface area contributed by atoms with Gasteiger partial charge in [0.2, 0.25) is 0 Å². The number of aromatic nitrogens is 2. The summed E-state index contributed by atoms with van der Waals surface area (Å²) in [6.07, 6.45) is 3.32. The summed E-state index contributed by atoms with van der Waals surface area (Å²) in [7, 11) is 1.95. The summed E-state index contributed by atoms with van der Waals surface area (Å²) < 4.78 is 0. The average molecular weight is 231 g/mol. The maximum Gasteiger partial charge on any atom is 0.116 e. The van der Waals surface area contributed by atoms with E-state index in [1.54, 1.807) is 24.3 Å². The van der Waals surface area contributed by atoms with Gasteiger partial charge in [0.05, 0.1) is 0 Å². The molecule has 2 rings (SSSR count). The molecule has 0 atom stereocenters. The van der Waals surface area contributed by atoms with Gasteiger partial charge in [-0.2, -0.15) is 0 Å². The van der Waals surface area contributed by atoms with Gasteiger partial charge in [-0.15, -0.1) is 0 Å². The van der Waals surface area contributed by atoms with Crippen LogP contribution < -0.4 is 5.32 Å². The lowest BCUT2D eigenvalue weighted by Crippen LogP contribution is -2.04. The highest BCUT2D eigenvalue weighted by atomic mass is 32.2. The number of benzene rings is 1. The van der Waals surface area contributed by atoms with Crippen molar-refractivity contribution in [1.29, 1.82) is 0 Å². The highest BCUT2D eigenvalue weighted by molar-refractivity contribution is 7.99. The summed E-state index contributed by atoms with van der Waals surface area (Å²) >= 11 is 1.64. The fourth-order valence-electron chi connectivity index (χ4n) is 1.34. The molecule has 0 unspecified atom stereocenters. The monoisotopic (exact) mass is 231 g/mol. The molecule has 16 heavy (non-hydrogen) atoms. The van der Waals surface area contributed by atoms with Crippen molar-refractivity contribution in [2.45, 2.75) is 16.5 Å². The number of nitrogens with one attached hydrogen (secondary N) is 1. The standard InChI is InChI=1S/C12H13N3S/c1-13-8-10-2-4-11(5-3-10)16-12-6-7-14-9-15-12/h2-7,9,13H,8H2,1H3. The van der Waals surface area contributed by atoms with Gasteiger partial charge in [0.25, 0.3) is 0 Å². The lowest BCUT2D eigenvalue weighted by molar-refractivity contribution is 0.817. The third-order valence-corrected chi connectivity index (χ3v) is 3.04. The molecule has 1 heterocycles. The van der Waals surface area contributed by atoms with Crippen LogP contribution in [0.25, 0.3) is 0 Å². The Bertz CT molecular complexity index is 428. The van der Waals surface area contributed by atoms with Crippen LogP contribution >= 0.6 is 11.8 Å². The molecule has 0 saturated carbocycles. The van der Waals surface area contributed by atoms with Crippen molar-refractivity contribution in [2.24, 2.45) is 0 Å². The van der Waals surface area contributed by atoms with Crippen LogP contribution in [0.4, 0.5) is 0 Å². The van der Waals surface area contributed by atoms with Crippen molar-refractivity contribution in [3.63, 3.8) is 0 Å². The van der Waals surface area contributed by atoms with Gasteiger partial charge in [-0.1, -0.05) is 23.9 Å². The van der Waals surface area contributed by atoms with Gasteiger partial charge in [-0.05, 0) is 30.8 Å². The molecule has 0 fully saturated rings. The molecule has 0 aliphatic rings. The minimum atomic E-state index is 0.901. The van der Waals surface area contributed by atoms with Crippen LogP contribution in [-0.2, 0) is 6.54 Å². The molecule has 0 spiro atoms. The van der Waals surface area contributed by atoms with E-state index in [2.05, 4.69) is 39.6 Å². The third kappa shape index (κ3) is 3.05. The highest BCUT2D eigenvalue weighted by Gasteiger charge is 1.98. The van der Waals surface area contributed by atoms with Crippen LogP contribution in [0, 0.1) is 0 Å². The van der Waals surface area contributed by atoms with Gasteiger partial charge in [0, 0.05) is 17.6 Å². The Hall–Kier alpha value is -1.39. The molecule has 3 nitrogen and oxygen atoms in total. The Kier molecular flexibility index (Phi) is 3.91. The fourth-order valence-corrected chi connectivity index (χ4v) is 2.08. The summed E-state index contributed by atoms with van der Waals surface area (Å²) in [4.78, 5) is 9.26. The molecule has 0 radical (unpaired) electrons. The van der Waals surface area contributed by atoms with E-state index in [-0.39, 0.29) is 0 Å². The maximum absolute atomic E-state index is 4.17. The summed E-state index contributed by atoms with van der Waals surface area (Å²) in [5, 5.41) is 4.09. The SMILES string of the molecule is CNCc1ccc(Sc2ccncn2)cc1. The molecule has 0 saturated heterocycles. The minimum Gasteiger partial charge on any atom is -0.316 e. The average Bonchev–Trinajstić information content (AvgIpc) is 2.33. The first-order valence-electron chi connectivity index (χ1n) is 5.06. The van der Waals surface area contributed by atoms with Gasteiger partial charge in [0.1, 0.15) is 11.4 Å². The summed E-state index contributed by atoms with van der Waals surface area (Å²) in [5.41, 5.74) is 1.29. The van der Waals surface area contributed by atoms with Crippen molar-refractivity contribution in [3.05, 3.63) is 48.4 Å². The van der Waals surface area contributed by atoms with Gasteiger partial charge >= 0.3 is 0 Å². The highest BCUT2D eigenvalue weighted by Crippen LogP contribution is 2.25. The number of hydrogen-bond acceptors (Lipinski definition) is 4. The molecule has 1 aromatic carbocycles. The van der Waals surface area contributed by atoms with Crippen LogP contribution in [0.15, 0.2) is 52.8 Å². The molecular weight excluding hydrogens is 218 g/mol. The van der Waals surface area contributed by atoms with E-state index in [1.807, 2.05) is 13.1 Å². The molecule has 2 aromatic rings. The van der Waals surface area contributed by atoms with Gasteiger partial charge < -0.3 is 5.32 Å². The Balaban J connectivity index is 2.05. The van der Waals surface area contributed by atoms with Crippen molar-refractivity contribution < 1.29 is 0 Å². The number of hydrogen-bond donors (Lipinski definition) is 1. The Morgan fingerprint density at radius 3 is 2.62 bits per heavy atom. The first kappa shape index (κ1) is 11.1. The zero-order chi connectivity index (χ0) is 11.2. The van der Waals surface area contributed by atoms with Crippen molar-refractivity contribution in [2.75, 3.05) is 7.05 Å². The van der Waals surface area contributed by atoms with Crippen LogP contribution in [0.1, 0.15) is 5.56 Å². The van der Waals surface area contributed by atoms with Crippen LogP contribution in [0.2, 0.25) is 0 Å². The zero-order valence-electron chi connectivity index (χ0n) is 9.05. The lowest BCUT2D eigenvalue weighted by atomic mass is 10.2. The summed E-state index contributed by atoms with van der Waals surface area (Å²) in [5.74, 6) is 0. The molecule has 0 aliphatic heterocycles. The van der Waals surface area contributed by atoms with Crippen LogP contribution in [0.3, 0.4) is 0 Å². The van der Waals surface area contributed by atoms with Gasteiger partial charge in [-0.3, -0.25) is 0 Å². The van der Waals surface area contributed by atoms with Gasteiger partial charge in [-0.25, -0.2) is 9.97 Å². The zero-order valence-corrected chi connectivity index (χ0v) is 9.87. The van der Waals surface area contributed by atoms with E-state index in [0.29, 0.717) is 0 Å². The minimum absolute atomic E-state index is 0.901. The van der Waals surface area contributed by atoms with Crippen LogP contribution in [-0.4, -0.2) is 17.0 Å². The summed E-state index contributed by atoms with van der Waals surface area (Å²) in [6, 6.07) is 10.4. The van der Waals surface area contributed by atoms with Crippen molar-refractivity contribution in [1.82, 2.24) is 15.3 Å². The maximum atomic E-state index is 4.17. The number of rotatable bonds is 4. The molecule has 0 bridgehead atoms. The first-order chi connectivity index (χ1) is 7.88. The molecule has 1 N–H and O–H groups in total. The molecule has 1 aromatic heterocycles. The summed E-state index contributed by atoms with van der Waals surface area (Å²) in [6.45, 7) is 0.901. The smallest absolute Gasteiger partial charge is 0.116 e. The van der Waals surface area contributed by atoms with Crippen molar-refractivity contribution in [3.8, 4) is 0 Å². The predicted octanol–water partition coefficient (Wildman–Crippen LogP) is 2.35. The van der Waals surface area contributed by atoms with E-state index in [4.69, 9.17) is 0 Å². The van der Waals surface area contributed by atoms with Crippen molar-refractivity contribution >= 4 is 11.8 Å².